The van der Waals surface area contributed by atoms with E-state index in [9.17, 15) is 13.2 Å². The number of rotatable bonds is 4. The molecule has 0 saturated carbocycles. The van der Waals surface area contributed by atoms with E-state index in [1.807, 2.05) is 40.7 Å². The Bertz CT molecular complexity index is 1000. The summed E-state index contributed by atoms with van der Waals surface area (Å²) in [5, 5.41) is 11.6. The van der Waals surface area contributed by atoms with E-state index >= 15 is 0 Å². The highest BCUT2D eigenvalue weighted by atomic mass is 32.2. The molecular formula is C19H28N6O3S. The van der Waals surface area contributed by atoms with Crippen LogP contribution in [0.25, 0.3) is 0 Å². The van der Waals surface area contributed by atoms with Gasteiger partial charge >= 0.3 is 0 Å². The van der Waals surface area contributed by atoms with Crippen LogP contribution in [0, 0.1) is 13.8 Å². The molecule has 1 amide bonds. The molecule has 2 aromatic rings. The molecule has 3 rings (SSSR count). The number of sulfonamides is 1. The molecule has 0 N–H and O–H groups in total. The SMILES string of the molecule is Cc1ccc(S(=O)(=O)N2CCN(C(=O)Cn3nnnc3C(C)(C)C)CC2)cc1C. The first-order valence-electron chi connectivity index (χ1n) is 9.62. The van der Waals surface area contributed by atoms with Crippen LogP contribution in [0.4, 0.5) is 0 Å². The van der Waals surface area contributed by atoms with Crippen molar-refractivity contribution in [1.29, 1.82) is 0 Å². The lowest BCUT2D eigenvalue weighted by Crippen LogP contribution is -2.51. The van der Waals surface area contributed by atoms with Crippen molar-refractivity contribution in [2.24, 2.45) is 0 Å². The van der Waals surface area contributed by atoms with Crippen LogP contribution in [0.2, 0.25) is 0 Å². The molecule has 0 bridgehead atoms. The minimum Gasteiger partial charge on any atom is -0.338 e. The molecule has 0 atom stereocenters. The van der Waals surface area contributed by atoms with Gasteiger partial charge < -0.3 is 4.90 Å². The molecule has 9 nitrogen and oxygen atoms in total. The van der Waals surface area contributed by atoms with Crippen LogP contribution in [0.5, 0.6) is 0 Å². The number of hydrogen-bond donors (Lipinski definition) is 0. The molecule has 0 unspecified atom stereocenters. The van der Waals surface area contributed by atoms with Crippen molar-refractivity contribution in [3.05, 3.63) is 35.2 Å². The number of aryl methyl sites for hydroxylation is 2. The number of tetrazole rings is 1. The zero-order valence-corrected chi connectivity index (χ0v) is 18.4. The Labute approximate surface area is 171 Å². The van der Waals surface area contributed by atoms with E-state index in [1.165, 1.54) is 8.99 Å². The summed E-state index contributed by atoms with van der Waals surface area (Å²) in [6, 6.07) is 5.16. The highest BCUT2D eigenvalue weighted by Gasteiger charge is 2.31. The second-order valence-corrected chi connectivity index (χ2v) is 10.4. The Balaban J connectivity index is 1.65. The van der Waals surface area contributed by atoms with E-state index in [0.717, 1.165) is 11.1 Å². The van der Waals surface area contributed by atoms with E-state index in [2.05, 4.69) is 15.5 Å². The van der Waals surface area contributed by atoms with Crippen molar-refractivity contribution >= 4 is 15.9 Å². The molecule has 29 heavy (non-hydrogen) atoms. The topological polar surface area (TPSA) is 101 Å². The Morgan fingerprint density at radius 2 is 1.72 bits per heavy atom. The first-order valence-corrected chi connectivity index (χ1v) is 11.1. The minimum absolute atomic E-state index is 0.0451. The molecule has 2 heterocycles. The third-order valence-electron chi connectivity index (χ3n) is 5.20. The van der Waals surface area contributed by atoms with Crippen LogP contribution in [-0.4, -0.2) is 69.9 Å². The van der Waals surface area contributed by atoms with Gasteiger partial charge in [0, 0.05) is 31.6 Å². The quantitative estimate of drug-likeness (QED) is 0.735. The van der Waals surface area contributed by atoms with Gasteiger partial charge in [0.2, 0.25) is 15.9 Å². The monoisotopic (exact) mass is 420 g/mol. The molecular weight excluding hydrogens is 392 g/mol. The van der Waals surface area contributed by atoms with Gasteiger partial charge in [-0.1, -0.05) is 26.8 Å². The molecule has 0 radical (unpaired) electrons. The van der Waals surface area contributed by atoms with Crippen molar-refractivity contribution in [1.82, 2.24) is 29.4 Å². The van der Waals surface area contributed by atoms with Gasteiger partial charge in [-0.2, -0.15) is 4.31 Å². The molecule has 158 valence electrons. The number of aromatic nitrogens is 4. The zero-order chi connectivity index (χ0) is 21.4. The number of amides is 1. The van der Waals surface area contributed by atoms with Gasteiger partial charge in [0.25, 0.3) is 0 Å². The molecule has 10 heteroatoms. The summed E-state index contributed by atoms with van der Waals surface area (Å²) >= 11 is 0. The van der Waals surface area contributed by atoms with Gasteiger partial charge in [-0.05, 0) is 47.5 Å². The van der Waals surface area contributed by atoms with Crippen LogP contribution in [0.15, 0.2) is 23.1 Å². The fraction of sp³-hybridized carbons (Fsp3) is 0.579. The second kappa shape index (κ2) is 7.83. The predicted octanol–water partition coefficient (Wildman–Crippen LogP) is 1.12. The van der Waals surface area contributed by atoms with Gasteiger partial charge in [0.1, 0.15) is 6.54 Å². The van der Waals surface area contributed by atoms with Crippen molar-refractivity contribution in [3.63, 3.8) is 0 Å². The fourth-order valence-electron chi connectivity index (χ4n) is 3.28. The second-order valence-electron chi connectivity index (χ2n) is 8.44. The summed E-state index contributed by atoms with van der Waals surface area (Å²) in [7, 11) is -3.57. The average molecular weight is 421 g/mol. The Hall–Kier alpha value is -2.33. The summed E-state index contributed by atoms with van der Waals surface area (Å²) < 4.78 is 28.8. The number of nitrogens with zero attached hydrogens (tertiary/aromatic N) is 6. The van der Waals surface area contributed by atoms with Crippen LogP contribution >= 0.6 is 0 Å². The van der Waals surface area contributed by atoms with Crippen molar-refractivity contribution in [2.75, 3.05) is 26.2 Å². The van der Waals surface area contributed by atoms with Gasteiger partial charge in [0.05, 0.1) is 4.90 Å². The third-order valence-corrected chi connectivity index (χ3v) is 7.09. The van der Waals surface area contributed by atoms with Crippen molar-refractivity contribution in [2.45, 2.75) is 51.5 Å². The molecule has 1 fully saturated rings. The van der Waals surface area contributed by atoms with Crippen LogP contribution in [0.3, 0.4) is 0 Å². The maximum absolute atomic E-state index is 12.9. The number of carbonyl (C=O) groups is 1. The lowest BCUT2D eigenvalue weighted by atomic mass is 9.96. The van der Waals surface area contributed by atoms with E-state index < -0.39 is 10.0 Å². The maximum atomic E-state index is 12.9. The van der Waals surface area contributed by atoms with E-state index in [1.54, 1.807) is 17.0 Å². The van der Waals surface area contributed by atoms with E-state index in [-0.39, 0.29) is 31.0 Å². The summed E-state index contributed by atoms with van der Waals surface area (Å²) in [6.45, 7) is 11.1. The molecule has 1 saturated heterocycles. The summed E-state index contributed by atoms with van der Waals surface area (Å²) in [4.78, 5) is 14.7. The molecule has 0 spiro atoms. The molecule has 0 aliphatic carbocycles. The summed E-state index contributed by atoms with van der Waals surface area (Å²) in [5.41, 5.74) is 1.72. The lowest BCUT2D eigenvalue weighted by molar-refractivity contribution is -0.133. The highest BCUT2D eigenvalue weighted by Crippen LogP contribution is 2.21. The third kappa shape index (κ3) is 4.48. The number of piperazine rings is 1. The highest BCUT2D eigenvalue weighted by molar-refractivity contribution is 7.89. The van der Waals surface area contributed by atoms with Gasteiger partial charge in [-0.25, -0.2) is 13.1 Å². The smallest absolute Gasteiger partial charge is 0.244 e. The number of benzene rings is 1. The van der Waals surface area contributed by atoms with E-state index in [0.29, 0.717) is 23.8 Å². The van der Waals surface area contributed by atoms with Crippen molar-refractivity contribution < 1.29 is 13.2 Å². The Morgan fingerprint density at radius 1 is 1.07 bits per heavy atom. The first kappa shape index (κ1) is 21.4. The van der Waals surface area contributed by atoms with Crippen molar-refractivity contribution in [3.8, 4) is 0 Å². The van der Waals surface area contributed by atoms with Gasteiger partial charge in [-0.3, -0.25) is 4.79 Å². The summed E-state index contributed by atoms with van der Waals surface area (Å²) in [6.07, 6.45) is 0. The van der Waals surface area contributed by atoms with Crippen LogP contribution in [0.1, 0.15) is 37.7 Å². The van der Waals surface area contributed by atoms with Crippen LogP contribution < -0.4 is 0 Å². The average Bonchev–Trinajstić information content (AvgIpc) is 3.12. The summed E-state index contributed by atoms with van der Waals surface area (Å²) in [5.74, 6) is 0.521. The van der Waals surface area contributed by atoms with Gasteiger partial charge in [0.15, 0.2) is 5.82 Å². The van der Waals surface area contributed by atoms with Gasteiger partial charge in [-0.15, -0.1) is 5.10 Å². The maximum Gasteiger partial charge on any atom is 0.244 e. The van der Waals surface area contributed by atoms with E-state index in [4.69, 9.17) is 0 Å². The standard InChI is InChI=1S/C19H28N6O3S/c1-14-6-7-16(12-15(14)2)29(27,28)24-10-8-23(9-11-24)17(26)13-25-18(19(3,4)5)20-21-22-25/h6-7,12H,8-11,13H2,1-5H3. The first-order chi connectivity index (χ1) is 13.5. The minimum atomic E-state index is -3.57. The normalized spacial score (nSPS) is 16.2. The zero-order valence-electron chi connectivity index (χ0n) is 17.6. The molecule has 1 aliphatic heterocycles. The van der Waals surface area contributed by atoms with Crippen LogP contribution in [-0.2, 0) is 26.8 Å². The molecule has 1 aliphatic rings. The largest absolute Gasteiger partial charge is 0.338 e. The molecule has 1 aromatic heterocycles. The predicted molar refractivity (Wildman–Crippen MR) is 108 cm³/mol. The fourth-order valence-corrected chi connectivity index (χ4v) is 4.79. The molecule has 1 aromatic carbocycles. The number of hydrogen-bond acceptors (Lipinski definition) is 6. The Morgan fingerprint density at radius 3 is 2.31 bits per heavy atom. The Kier molecular flexibility index (Phi) is 5.77. The lowest BCUT2D eigenvalue weighted by Gasteiger charge is -2.34. The number of carbonyl (C=O) groups excluding carboxylic acids is 1.